The molecule has 10 aromatic rings. The van der Waals surface area contributed by atoms with Gasteiger partial charge in [0.15, 0.2) is 0 Å². The molecule has 0 bridgehead atoms. The summed E-state index contributed by atoms with van der Waals surface area (Å²) in [4.78, 5) is 4.88. The molecule has 3 aromatic heterocycles. The van der Waals surface area contributed by atoms with Gasteiger partial charge in [0.1, 0.15) is 5.82 Å². The van der Waals surface area contributed by atoms with Crippen LogP contribution in [0.4, 0.5) is 0 Å². The van der Waals surface area contributed by atoms with Crippen molar-refractivity contribution in [1.82, 2.24) is 14.1 Å². The van der Waals surface area contributed by atoms with Crippen LogP contribution in [0.1, 0.15) is 139 Å². The number of benzene rings is 7. The van der Waals surface area contributed by atoms with E-state index in [4.69, 9.17) is 13.8 Å². The third-order valence-corrected chi connectivity index (χ3v) is 14.0. The van der Waals surface area contributed by atoms with Gasteiger partial charge in [0.25, 0.3) is 6.33 Å². The van der Waals surface area contributed by atoms with E-state index in [1.165, 1.54) is 16.7 Å². The van der Waals surface area contributed by atoms with Gasteiger partial charge >= 0.3 is 0 Å². The first-order valence-corrected chi connectivity index (χ1v) is 25.5. The van der Waals surface area contributed by atoms with Gasteiger partial charge in [-0.3, -0.25) is 4.57 Å². The zero-order valence-electron chi connectivity index (χ0n) is 50.6. The number of hydrogen-bond donors (Lipinski definition) is 0. The summed E-state index contributed by atoms with van der Waals surface area (Å²) in [7, 11) is 0. The topological polar surface area (TPSA) is 35.9 Å². The average molecular weight is 1160 g/mol. The first kappa shape index (κ1) is 46.0. The Morgan fingerprint density at radius 2 is 1.18 bits per heavy atom. The van der Waals surface area contributed by atoms with Gasteiger partial charge in [-0.15, -0.1) is 29.7 Å². The molecule has 0 aliphatic rings. The molecule has 0 amide bonds. The van der Waals surface area contributed by atoms with Crippen molar-refractivity contribution in [2.24, 2.45) is 0 Å². The molecule has 0 fully saturated rings. The van der Waals surface area contributed by atoms with Crippen molar-refractivity contribution in [2.75, 3.05) is 0 Å². The Labute approximate surface area is 461 Å². The number of rotatable bonds is 7. The van der Waals surface area contributed by atoms with Gasteiger partial charge in [-0.25, -0.2) is 4.98 Å². The molecule has 74 heavy (non-hydrogen) atoms. The predicted molar refractivity (Wildman–Crippen MR) is 304 cm³/mol. The van der Waals surface area contributed by atoms with E-state index < -0.39 is 11.5 Å². The van der Waals surface area contributed by atoms with E-state index in [-0.39, 0.29) is 72.5 Å². The third-order valence-electron chi connectivity index (χ3n) is 14.0. The van der Waals surface area contributed by atoms with Crippen LogP contribution in [-0.2, 0) is 48.1 Å². The number of hydrogen-bond acceptors (Lipinski definition) is 2. The molecule has 6 heteroatoms. The van der Waals surface area contributed by atoms with Crippen molar-refractivity contribution in [3.8, 4) is 50.9 Å². The second-order valence-corrected chi connectivity index (χ2v) is 24.8. The number of para-hydroxylation sites is 1. The first-order valence-electron chi connectivity index (χ1n) is 28.0. The monoisotopic (exact) mass is 1160 g/mol. The predicted octanol–water partition coefficient (Wildman–Crippen LogP) is 17.4. The van der Waals surface area contributed by atoms with Gasteiger partial charge in [0.2, 0.25) is 0 Å². The van der Waals surface area contributed by atoms with Crippen molar-refractivity contribution in [3.05, 3.63) is 198 Å². The number of nitrogens with zero attached hydrogens (tertiary/aromatic N) is 4. The number of ether oxygens (including phenoxy) is 1. The molecule has 7 aromatic carbocycles. The maximum absolute atomic E-state index is 9.38. The summed E-state index contributed by atoms with van der Waals surface area (Å²) in [5.74, 6) is 1.78. The number of aromatic nitrogens is 4. The van der Waals surface area contributed by atoms with E-state index in [1.54, 1.807) is 0 Å². The molecular formula is C68H70N4OPt-2. The minimum atomic E-state index is -0.487. The van der Waals surface area contributed by atoms with Gasteiger partial charge in [0, 0.05) is 44.3 Å². The van der Waals surface area contributed by atoms with Crippen LogP contribution >= 0.6 is 0 Å². The van der Waals surface area contributed by atoms with E-state index in [0.29, 0.717) is 28.4 Å². The SMILES string of the molecule is [2H]c1c([2H])c([2H])c(-c2cc(C(C)(C)C)cc(C(C)(C)C)c2-[n+]2[c-]n(-c3[c-]c(Oc4[c-]c5c(cc4)c4ccccc4n5-c4cc(C(C)(C)C)ccn4)ccc3)c3cc(-c4cc(C(C)(C)C)cc(C(C)(C)C)c4)ccc32)c([2H])c1[2H].[Pt]. The summed E-state index contributed by atoms with van der Waals surface area (Å²) in [6, 6.07) is 45.5. The second kappa shape index (κ2) is 19.0. The fraction of sp³-hybridized carbons (Fsp3) is 0.294. The standard InChI is InChI=1S/C68H70N4O.Pt/c1-64(2,3)47-32-33-69-62(40-47)72-58-27-20-19-26-54(58)55-30-29-53(42-60(55)72)73-52-25-21-24-51(41-52)70-43-71(63-56(44-22-17-16-18-23-44)38-50(67(10,11)12)39-57(63)68(13,14)15)59-31-28-45(36-61(59)70)46-34-48(65(4,5)6)37-49(35-46)66(7,8)9;/h16-40H,1-15H3;/q-2;/i16D,17D,18D,22D,23D;. The number of imidazole rings is 1. The minimum absolute atomic E-state index is 0. The maximum Gasteiger partial charge on any atom is 0.268 e. The Hall–Kier alpha value is -6.55. The third kappa shape index (κ3) is 10.1. The van der Waals surface area contributed by atoms with Crippen LogP contribution in [0.15, 0.2) is 152 Å². The summed E-state index contributed by atoms with van der Waals surface area (Å²) < 4.78 is 58.0. The summed E-state index contributed by atoms with van der Waals surface area (Å²) in [5, 5.41) is 2.12. The zero-order chi connectivity index (χ0) is 56.3. The van der Waals surface area contributed by atoms with Crippen LogP contribution in [0, 0.1) is 18.5 Å². The molecule has 3 heterocycles. The first-order chi connectivity index (χ1) is 36.4. The van der Waals surface area contributed by atoms with Crippen molar-refractivity contribution < 1.29 is 37.2 Å². The molecule has 0 saturated heterocycles. The molecule has 0 unspecified atom stereocenters. The molecule has 0 atom stereocenters. The van der Waals surface area contributed by atoms with E-state index in [9.17, 15) is 2.74 Å². The molecule has 0 spiro atoms. The molecule has 380 valence electrons. The molecule has 0 N–H and O–H groups in total. The minimum Gasteiger partial charge on any atom is -0.510 e. The smallest absolute Gasteiger partial charge is 0.268 e. The Balaban J connectivity index is 0.00000757. The summed E-state index contributed by atoms with van der Waals surface area (Å²) in [6.07, 6.45) is 5.65. The van der Waals surface area contributed by atoms with Crippen molar-refractivity contribution in [2.45, 2.75) is 131 Å². The molecule has 0 aliphatic carbocycles. The summed E-state index contributed by atoms with van der Waals surface area (Å²) >= 11 is 0. The number of pyridine rings is 1. The van der Waals surface area contributed by atoms with E-state index in [0.717, 1.165) is 60.9 Å². The van der Waals surface area contributed by atoms with Crippen LogP contribution in [0.5, 0.6) is 11.5 Å². The second-order valence-electron chi connectivity index (χ2n) is 24.8. The normalized spacial score (nSPS) is 13.6. The van der Waals surface area contributed by atoms with Crippen LogP contribution < -0.4 is 9.30 Å². The fourth-order valence-electron chi connectivity index (χ4n) is 9.67. The van der Waals surface area contributed by atoms with E-state index >= 15 is 0 Å². The molecule has 0 saturated carbocycles. The maximum atomic E-state index is 9.38. The van der Waals surface area contributed by atoms with Gasteiger partial charge in [0.05, 0.1) is 23.6 Å². The average Bonchev–Trinajstić information content (AvgIpc) is 4.11. The van der Waals surface area contributed by atoms with Crippen molar-refractivity contribution >= 4 is 32.8 Å². The van der Waals surface area contributed by atoms with Gasteiger partial charge < -0.3 is 13.9 Å². The Morgan fingerprint density at radius 1 is 0.527 bits per heavy atom. The van der Waals surface area contributed by atoms with Gasteiger partial charge in [-0.1, -0.05) is 200 Å². The van der Waals surface area contributed by atoms with Crippen molar-refractivity contribution in [3.63, 3.8) is 0 Å². The van der Waals surface area contributed by atoms with Crippen LogP contribution in [-0.4, -0.2) is 14.1 Å². The summed E-state index contributed by atoms with van der Waals surface area (Å²) in [5.41, 5.74) is 12.0. The molecule has 0 radical (unpaired) electrons. The van der Waals surface area contributed by atoms with Crippen LogP contribution in [0.3, 0.4) is 0 Å². The molecule has 5 nitrogen and oxygen atoms in total. The molecular weight excluding hydrogens is 1080 g/mol. The van der Waals surface area contributed by atoms with Crippen LogP contribution in [0.2, 0.25) is 0 Å². The Bertz CT molecular complexity index is 3980. The van der Waals surface area contributed by atoms with Crippen molar-refractivity contribution in [1.29, 1.82) is 0 Å². The Morgan fingerprint density at radius 3 is 1.84 bits per heavy atom. The zero-order valence-corrected chi connectivity index (χ0v) is 47.8. The summed E-state index contributed by atoms with van der Waals surface area (Å²) in [6.45, 7) is 33.0. The number of fused-ring (bicyclic) bond motifs is 4. The van der Waals surface area contributed by atoms with E-state index in [1.807, 2.05) is 51.7 Å². The van der Waals surface area contributed by atoms with E-state index in [2.05, 4.69) is 206 Å². The van der Waals surface area contributed by atoms with Gasteiger partial charge in [-0.05, 0) is 112 Å². The molecule has 10 rings (SSSR count). The van der Waals surface area contributed by atoms with Crippen LogP contribution in [0.25, 0.3) is 72.3 Å². The van der Waals surface area contributed by atoms with Gasteiger partial charge in [-0.2, -0.15) is 18.2 Å². The quantitative estimate of drug-likeness (QED) is 0.118. The fourth-order valence-corrected chi connectivity index (χ4v) is 9.67. The largest absolute Gasteiger partial charge is 0.510 e. The molecule has 0 aliphatic heterocycles. The Kier molecular flexibility index (Phi) is 11.8.